The van der Waals surface area contributed by atoms with Crippen LogP contribution in [0.15, 0.2) is 24.3 Å². The summed E-state index contributed by atoms with van der Waals surface area (Å²) in [4.78, 5) is 35.1. The Kier molecular flexibility index (Phi) is 5.89. The van der Waals surface area contributed by atoms with Crippen LogP contribution in [0.4, 0.5) is 4.39 Å². The Morgan fingerprint density at radius 3 is 2.33 bits per heavy atom. The molecule has 0 spiro atoms. The van der Waals surface area contributed by atoms with Gasteiger partial charge >= 0.3 is 5.97 Å². The zero-order chi connectivity index (χ0) is 17.6. The molecule has 0 aromatic heterocycles. The first-order valence-corrected chi connectivity index (χ1v) is 7.97. The highest BCUT2D eigenvalue weighted by Crippen LogP contribution is 2.42. The Hall–Kier alpha value is -2.44. The van der Waals surface area contributed by atoms with Crippen molar-refractivity contribution in [1.29, 1.82) is 0 Å². The first-order chi connectivity index (χ1) is 11.4. The number of benzene rings is 1. The van der Waals surface area contributed by atoms with Crippen LogP contribution in [0, 0.1) is 11.2 Å². The molecule has 2 amide bonds. The van der Waals surface area contributed by atoms with E-state index in [4.69, 9.17) is 5.11 Å². The maximum atomic E-state index is 13.5. The van der Waals surface area contributed by atoms with E-state index in [0.29, 0.717) is 12.8 Å². The van der Waals surface area contributed by atoms with E-state index in [1.54, 1.807) is 0 Å². The molecule has 0 atom stereocenters. The third-order valence-corrected chi connectivity index (χ3v) is 4.41. The van der Waals surface area contributed by atoms with Gasteiger partial charge in [0.25, 0.3) is 5.91 Å². The van der Waals surface area contributed by atoms with E-state index >= 15 is 0 Å². The number of rotatable bonds is 5. The Labute approximate surface area is 139 Å². The fourth-order valence-corrected chi connectivity index (χ4v) is 3.26. The third-order valence-electron chi connectivity index (χ3n) is 4.41. The molecule has 7 heteroatoms. The highest BCUT2D eigenvalue weighted by Gasteiger charge is 2.36. The van der Waals surface area contributed by atoms with E-state index < -0.39 is 29.0 Å². The highest BCUT2D eigenvalue weighted by atomic mass is 19.1. The van der Waals surface area contributed by atoms with Crippen molar-refractivity contribution in [2.45, 2.75) is 44.9 Å². The fraction of sp³-hybridized carbons (Fsp3) is 0.471. The lowest BCUT2D eigenvalue weighted by Gasteiger charge is -2.35. The summed E-state index contributed by atoms with van der Waals surface area (Å²) in [7, 11) is 0. The summed E-state index contributed by atoms with van der Waals surface area (Å²) in [5, 5.41) is 9.10. The predicted molar refractivity (Wildman–Crippen MR) is 84.4 cm³/mol. The number of aliphatic carboxylic acids is 1. The average Bonchev–Trinajstić information content (AvgIpc) is 2.53. The molecule has 0 bridgehead atoms. The minimum atomic E-state index is -0.930. The number of hydrazine groups is 1. The van der Waals surface area contributed by atoms with Crippen LogP contribution in [-0.2, 0) is 9.59 Å². The second-order valence-electron chi connectivity index (χ2n) is 6.29. The van der Waals surface area contributed by atoms with Crippen LogP contribution < -0.4 is 10.9 Å². The van der Waals surface area contributed by atoms with Gasteiger partial charge in [0.05, 0.1) is 12.0 Å². The number of halogens is 1. The molecule has 0 radical (unpaired) electrons. The SMILES string of the molecule is O=C(O)CC1(CC(=O)NNC(=O)c2ccccc2F)CCCCC1. The van der Waals surface area contributed by atoms with Gasteiger partial charge in [0.2, 0.25) is 5.91 Å². The van der Waals surface area contributed by atoms with Gasteiger partial charge in [0, 0.05) is 6.42 Å². The van der Waals surface area contributed by atoms with Crippen LogP contribution >= 0.6 is 0 Å². The van der Waals surface area contributed by atoms with Gasteiger partial charge in [-0.25, -0.2) is 4.39 Å². The Balaban J connectivity index is 1.92. The van der Waals surface area contributed by atoms with Crippen LogP contribution in [0.2, 0.25) is 0 Å². The first kappa shape index (κ1) is 17.9. The number of carbonyl (C=O) groups is 3. The first-order valence-electron chi connectivity index (χ1n) is 7.97. The number of hydrogen-bond donors (Lipinski definition) is 3. The van der Waals surface area contributed by atoms with E-state index in [2.05, 4.69) is 10.9 Å². The molecule has 1 aromatic carbocycles. The fourth-order valence-electron chi connectivity index (χ4n) is 3.26. The van der Waals surface area contributed by atoms with Crippen molar-refractivity contribution < 1.29 is 23.9 Å². The van der Waals surface area contributed by atoms with Crippen LogP contribution in [0.3, 0.4) is 0 Å². The van der Waals surface area contributed by atoms with Gasteiger partial charge in [0.15, 0.2) is 0 Å². The monoisotopic (exact) mass is 336 g/mol. The van der Waals surface area contributed by atoms with Gasteiger partial charge < -0.3 is 5.11 Å². The molecule has 0 unspecified atom stereocenters. The Morgan fingerprint density at radius 1 is 1.04 bits per heavy atom. The lowest BCUT2D eigenvalue weighted by molar-refractivity contribution is -0.141. The van der Waals surface area contributed by atoms with Crippen molar-refractivity contribution in [1.82, 2.24) is 10.9 Å². The van der Waals surface area contributed by atoms with Crippen molar-refractivity contribution >= 4 is 17.8 Å². The molecular weight excluding hydrogens is 315 g/mol. The summed E-state index contributed by atoms with van der Waals surface area (Å²) in [6, 6.07) is 5.44. The predicted octanol–water partition coefficient (Wildman–Crippen LogP) is 2.40. The van der Waals surface area contributed by atoms with Gasteiger partial charge in [0.1, 0.15) is 5.82 Å². The summed E-state index contributed by atoms with van der Waals surface area (Å²) in [5.41, 5.74) is 3.69. The normalized spacial score (nSPS) is 16.2. The maximum absolute atomic E-state index is 13.5. The Bertz CT molecular complexity index is 627. The summed E-state index contributed by atoms with van der Waals surface area (Å²) in [5.74, 6) is -2.83. The molecule has 1 fully saturated rings. The largest absolute Gasteiger partial charge is 0.481 e. The summed E-state index contributed by atoms with van der Waals surface area (Å²) < 4.78 is 13.5. The standard InChI is InChI=1S/C17H21FN2O4/c18-13-7-3-2-6-12(13)16(24)20-19-14(21)10-17(11-15(22)23)8-4-1-5-9-17/h2-3,6-7H,1,4-5,8-11H2,(H,19,21)(H,20,24)(H,22,23). The lowest BCUT2D eigenvalue weighted by atomic mass is 9.69. The summed E-state index contributed by atoms with van der Waals surface area (Å²) in [6.07, 6.45) is 4.12. The highest BCUT2D eigenvalue weighted by molar-refractivity contribution is 5.95. The minimum Gasteiger partial charge on any atom is -0.481 e. The second-order valence-corrected chi connectivity index (χ2v) is 6.29. The van der Waals surface area contributed by atoms with E-state index in [1.165, 1.54) is 18.2 Å². The summed E-state index contributed by atoms with van der Waals surface area (Å²) >= 11 is 0. The molecule has 0 saturated heterocycles. The third kappa shape index (κ3) is 4.78. The van der Waals surface area contributed by atoms with Gasteiger partial charge in [-0.05, 0) is 30.4 Å². The number of carbonyl (C=O) groups excluding carboxylic acids is 2. The quantitative estimate of drug-likeness (QED) is 0.720. The number of hydrogen-bond acceptors (Lipinski definition) is 3. The smallest absolute Gasteiger partial charge is 0.303 e. The van der Waals surface area contributed by atoms with E-state index in [9.17, 15) is 18.8 Å². The molecule has 0 aliphatic heterocycles. The van der Waals surface area contributed by atoms with Gasteiger partial charge in [-0.2, -0.15) is 0 Å². The molecule has 6 nitrogen and oxygen atoms in total. The molecule has 1 aliphatic rings. The van der Waals surface area contributed by atoms with Crippen molar-refractivity contribution in [3.63, 3.8) is 0 Å². The molecule has 24 heavy (non-hydrogen) atoms. The topological polar surface area (TPSA) is 95.5 Å². The lowest BCUT2D eigenvalue weighted by Crippen LogP contribution is -2.44. The van der Waals surface area contributed by atoms with Crippen LogP contribution in [0.1, 0.15) is 55.3 Å². The molecule has 130 valence electrons. The molecular formula is C17H21FN2O4. The van der Waals surface area contributed by atoms with Crippen LogP contribution in [-0.4, -0.2) is 22.9 Å². The maximum Gasteiger partial charge on any atom is 0.303 e. The van der Waals surface area contributed by atoms with Gasteiger partial charge in [-0.1, -0.05) is 31.4 Å². The number of carboxylic acids is 1. The second kappa shape index (κ2) is 7.90. The van der Waals surface area contributed by atoms with Gasteiger partial charge in [-0.3, -0.25) is 25.2 Å². The molecule has 1 aromatic rings. The number of nitrogens with one attached hydrogen (secondary N) is 2. The molecule has 0 heterocycles. The molecule has 1 aliphatic carbocycles. The molecule has 1 saturated carbocycles. The zero-order valence-electron chi connectivity index (χ0n) is 13.3. The van der Waals surface area contributed by atoms with Crippen molar-refractivity contribution in [3.8, 4) is 0 Å². The van der Waals surface area contributed by atoms with Crippen molar-refractivity contribution in [2.75, 3.05) is 0 Å². The minimum absolute atomic E-state index is 0.0247. The van der Waals surface area contributed by atoms with E-state index in [1.807, 2.05) is 0 Å². The van der Waals surface area contributed by atoms with Gasteiger partial charge in [-0.15, -0.1) is 0 Å². The van der Waals surface area contributed by atoms with E-state index in [0.717, 1.165) is 25.3 Å². The Morgan fingerprint density at radius 2 is 1.71 bits per heavy atom. The summed E-state index contributed by atoms with van der Waals surface area (Å²) in [6.45, 7) is 0. The van der Waals surface area contributed by atoms with Crippen molar-refractivity contribution in [2.24, 2.45) is 5.41 Å². The van der Waals surface area contributed by atoms with Crippen LogP contribution in [0.5, 0.6) is 0 Å². The number of amides is 2. The number of carboxylic acid groups (broad SMARTS) is 1. The van der Waals surface area contributed by atoms with Crippen molar-refractivity contribution in [3.05, 3.63) is 35.6 Å². The van der Waals surface area contributed by atoms with E-state index in [-0.39, 0.29) is 18.4 Å². The molecule has 2 rings (SSSR count). The molecule has 3 N–H and O–H groups in total. The zero-order valence-corrected chi connectivity index (χ0v) is 13.3. The van der Waals surface area contributed by atoms with Crippen LogP contribution in [0.25, 0.3) is 0 Å². The average molecular weight is 336 g/mol.